The van der Waals surface area contributed by atoms with Gasteiger partial charge in [-0.1, -0.05) is 0 Å². The number of ether oxygens (including phenoxy) is 1. The molecule has 164 valence electrons. The van der Waals surface area contributed by atoms with Crippen molar-refractivity contribution in [2.24, 2.45) is 0 Å². The second-order valence-corrected chi connectivity index (χ2v) is 8.85. The van der Waals surface area contributed by atoms with Gasteiger partial charge in [0.25, 0.3) is 5.69 Å². The topological polar surface area (TPSA) is 114 Å². The van der Waals surface area contributed by atoms with Gasteiger partial charge in [-0.2, -0.15) is 0 Å². The van der Waals surface area contributed by atoms with Crippen LogP contribution >= 0.6 is 0 Å². The van der Waals surface area contributed by atoms with Crippen molar-refractivity contribution in [3.8, 4) is 0 Å². The smallest absolute Gasteiger partial charge is 0.410 e. The van der Waals surface area contributed by atoms with E-state index in [-0.39, 0.29) is 23.9 Å². The number of benzene rings is 1. The van der Waals surface area contributed by atoms with Gasteiger partial charge >= 0.3 is 6.09 Å². The minimum Gasteiger partial charge on any atom is -0.444 e. The van der Waals surface area contributed by atoms with Crippen molar-refractivity contribution in [2.45, 2.75) is 51.3 Å². The van der Waals surface area contributed by atoms with Crippen molar-refractivity contribution in [1.82, 2.24) is 14.9 Å². The van der Waals surface area contributed by atoms with E-state index in [1.54, 1.807) is 24.4 Å². The number of nitro groups is 1. The maximum atomic E-state index is 12.6. The molecule has 31 heavy (non-hydrogen) atoms. The van der Waals surface area contributed by atoms with E-state index in [1.165, 1.54) is 12.4 Å². The maximum absolute atomic E-state index is 12.6. The second kappa shape index (κ2) is 8.01. The number of nitrogens with one attached hydrogen (secondary N) is 1. The fourth-order valence-corrected chi connectivity index (χ4v) is 4.15. The van der Waals surface area contributed by atoms with Gasteiger partial charge in [-0.15, -0.1) is 0 Å². The van der Waals surface area contributed by atoms with Gasteiger partial charge < -0.3 is 19.9 Å². The highest BCUT2D eigenvalue weighted by Gasteiger charge is 2.42. The summed E-state index contributed by atoms with van der Waals surface area (Å²) in [6.07, 6.45) is 4.54. The molecule has 5 rings (SSSR count). The zero-order valence-electron chi connectivity index (χ0n) is 17.8. The predicted octanol–water partition coefficient (Wildman–Crippen LogP) is 3.72. The molecule has 2 bridgehead atoms. The SMILES string of the molecule is CC(C)(C)OC(=O)N1CC2CC[C@@H]1CN2c1ccc([N+](=O)[O-])c(Nc2ccncn2)c1. The Kier molecular flexibility index (Phi) is 5.38. The molecule has 0 radical (unpaired) electrons. The van der Waals surface area contributed by atoms with Crippen molar-refractivity contribution >= 4 is 29.0 Å². The monoisotopic (exact) mass is 426 g/mol. The number of aromatic nitrogens is 2. The van der Waals surface area contributed by atoms with Gasteiger partial charge in [0.05, 0.1) is 11.0 Å². The molecule has 1 N–H and O–H groups in total. The molecule has 1 unspecified atom stereocenters. The van der Waals surface area contributed by atoms with Crippen LogP contribution in [0, 0.1) is 10.1 Å². The van der Waals surface area contributed by atoms with Gasteiger partial charge in [0.15, 0.2) is 0 Å². The minimum absolute atomic E-state index is 0.0279. The molecule has 3 aliphatic rings. The summed E-state index contributed by atoms with van der Waals surface area (Å²) >= 11 is 0. The summed E-state index contributed by atoms with van der Waals surface area (Å²) in [5.41, 5.74) is 0.681. The van der Waals surface area contributed by atoms with E-state index in [1.807, 2.05) is 25.7 Å². The Labute approximate surface area is 180 Å². The van der Waals surface area contributed by atoms with Crippen LogP contribution in [0.1, 0.15) is 33.6 Å². The molecule has 2 atom stereocenters. The van der Waals surface area contributed by atoms with Crippen molar-refractivity contribution < 1.29 is 14.5 Å². The zero-order valence-corrected chi connectivity index (χ0v) is 17.8. The molecule has 1 amide bonds. The highest BCUT2D eigenvalue weighted by Crippen LogP contribution is 2.37. The Balaban J connectivity index is 1.56. The number of piperidine rings is 2. The number of hydrogen-bond donors (Lipinski definition) is 1. The van der Waals surface area contributed by atoms with E-state index in [0.717, 1.165) is 18.5 Å². The van der Waals surface area contributed by atoms with E-state index in [4.69, 9.17) is 4.74 Å². The van der Waals surface area contributed by atoms with Crippen LogP contribution in [0.2, 0.25) is 0 Å². The predicted molar refractivity (Wildman–Crippen MR) is 116 cm³/mol. The van der Waals surface area contributed by atoms with Crippen LogP contribution in [-0.4, -0.2) is 56.7 Å². The van der Waals surface area contributed by atoms with Crippen molar-refractivity contribution in [2.75, 3.05) is 23.3 Å². The molecule has 10 nitrogen and oxygen atoms in total. The van der Waals surface area contributed by atoms with Gasteiger partial charge in [-0.3, -0.25) is 10.1 Å². The van der Waals surface area contributed by atoms with Gasteiger partial charge in [0.2, 0.25) is 0 Å². The number of hydrogen-bond acceptors (Lipinski definition) is 8. The summed E-state index contributed by atoms with van der Waals surface area (Å²) in [4.78, 5) is 35.7. The van der Waals surface area contributed by atoms with Gasteiger partial charge in [-0.05, 0) is 51.8 Å². The summed E-state index contributed by atoms with van der Waals surface area (Å²) in [5, 5.41) is 14.5. The van der Waals surface area contributed by atoms with E-state index >= 15 is 0 Å². The van der Waals surface area contributed by atoms with Gasteiger partial charge in [0, 0.05) is 37.1 Å². The minimum atomic E-state index is -0.534. The third-order valence-corrected chi connectivity index (χ3v) is 5.51. The van der Waals surface area contributed by atoms with Gasteiger partial charge in [-0.25, -0.2) is 14.8 Å². The quantitative estimate of drug-likeness (QED) is 0.581. The highest BCUT2D eigenvalue weighted by molar-refractivity contribution is 5.74. The summed E-state index contributed by atoms with van der Waals surface area (Å²) in [5.74, 6) is 0.478. The lowest BCUT2D eigenvalue weighted by atomic mass is 9.90. The number of nitro benzene ring substituents is 1. The Morgan fingerprint density at radius 1 is 1.23 bits per heavy atom. The lowest BCUT2D eigenvalue weighted by Crippen LogP contribution is -2.64. The molecule has 1 aromatic carbocycles. The Bertz CT molecular complexity index is 978. The molecule has 3 fully saturated rings. The number of amides is 1. The Hall–Kier alpha value is -3.43. The summed E-state index contributed by atoms with van der Waals surface area (Å²) in [6.45, 7) is 6.83. The zero-order chi connectivity index (χ0) is 22.2. The number of anilines is 3. The number of carbonyl (C=O) groups is 1. The molecule has 1 aromatic heterocycles. The van der Waals surface area contributed by atoms with Crippen molar-refractivity contribution in [3.05, 3.63) is 46.9 Å². The van der Waals surface area contributed by atoms with Crippen LogP contribution < -0.4 is 10.2 Å². The van der Waals surface area contributed by atoms with Crippen molar-refractivity contribution in [3.63, 3.8) is 0 Å². The second-order valence-electron chi connectivity index (χ2n) is 8.85. The maximum Gasteiger partial charge on any atom is 0.410 e. The molecule has 3 saturated heterocycles. The molecule has 4 heterocycles. The van der Waals surface area contributed by atoms with Gasteiger partial charge in [0.1, 0.15) is 23.4 Å². The third-order valence-electron chi connectivity index (χ3n) is 5.51. The first-order chi connectivity index (χ1) is 14.7. The number of fused-ring (bicyclic) bond motifs is 3. The third kappa shape index (κ3) is 4.52. The number of rotatable bonds is 4. The lowest BCUT2D eigenvalue weighted by molar-refractivity contribution is -0.383. The number of nitrogens with zero attached hydrogens (tertiary/aromatic N) is 5. The van der Waals surface area contributed by atoms with Crippen LogP contribution in [0.5, 0.6) is 0 Å². The molecule has 2 aromatic rings. The molecule has 10 heteroatoms. The summed E-state index contributed by atoms with van der Waals surface area (Å²) in [7, 11) is 0. The van der Waals surface area contributed by atoms with Crippen LogP contribution in [0.25, 0.3) is 0 Å². The molecule has 3 aliphatic heterocycles. The molecule has 0 spiro atoms. The Morgan fingerprint density at radius 3 is 2.61 bits per heavy atom. The first kappa shape index (κ1) is 20.8. The van der Waals surface area contributed by atoms with Crippen LogP contribution in [0.3, 0.4) is 0 Å². The fraction of sp³-hybridized carbons (Fsp3) is 0.476. The normalized spacial score (nSPS) is 20.5. The summed E-state index contributed by atoms with van der Waals surface area (Å²) < 4.78 is 5.57. The average molecular weight is 426 g/mol. The highest BCUT2D eigenvalue weighted by atomic mass is 16.6. The van der Waals surface area contributed by atoms with Crippen LogP contribution in [0.4, 0.5) is 27.7 Å². The lowest BCUT2D eigenvalue weighted by Gasteiger charge is -2.52. The fourth-order valence-electron chi connectivity index (χ4n) is 4.15. The van der Waals surface area contributed by atoms with Crippen molar-refractivity contribution in [1.29, 1.82) is 0 Å². The van der Waals surface area contributed by atoms with Crippen LogP contribution in [0.15, 0.2) is 36.8 Å². The van der Waals surface area contributed by atoms with E-state index in [9.17, 15) is 14.9 Å². The van der Waals surface area contributed by atoms with E-state index in [0.29, 0.717) is 24.6 Å². The number of piperazine rings is 1. The van der Waals surface area contributed by atoms with E-state index < -0.39 is 10.5 Å². The first-order valence-corrected chi connectivity index (χ1v) is 10.3. The number of carbonyl (C=O) groups excluding carboxylic acids is 1. The van der Waals surface area contributed by atoms with E-state index in [2.05, 4.69) is 20.2 Å². The average Bonchev–Trinajstić information content (AvgIpc) is 2.73. The first-order valence-electron chi connectivity index (χ1n) is 10.3. The molecular weight excluding hydrogens is 400 g/mol. The molecule has 0 saturated carbocycles. The van der Waals surface area contributed by atoms with Crippen LogP contribution in [-0.2, 0) is 4.74 Å². The molecule has 0 aliphatic carbocycles. The standard InChI is InChI=1S/C21H26N6O4/c1-21(2,3)31-20(28)26-12-15-4-5-16(26)11-25(15)14-6-7-18(27(29)30)17(10-14)24-19-8-9-22-13-23-19/h6-10,13,15-16H,4-5,11-12H2,1-3H3,(H,22,23,24)/t15?,16-/m1/s1. The largest absolute Gasteiger partial charge is 0.444 e. The summed E-state index contributed by atoms with van der Waals surface area (Å²) in [6, 6.07) is 6.88. The Morgan fingerprint density at radius 2 is 2.00 bits per heavy atom. The molecular formula is C21H26N6O4.